The minimum atomic E-state index is -0.356. The van der Waals surface area contributed by atoms with Crippen molar-refractivity contribution < 1.29 is 9.18 Å². The van der Waals surface area contributed by atoms with E-state index < -0.39 is 0 Å². The van der Waals surface area contributed by atoms with Crippen molar-refractivity contribution in [2.75, 3.05) is 0 Å². The second kappa shape index (κ2) is 8.31. The first-order valence-corrected chi connectivity index (χ1v) is 10.7. The highest BCUT2D eigenvalue weighted by molar-refractivity contribution is 6.09. The highest BCUT2D eigenvalue weighted by Crippen LogP contribution is 2.44. The van der Waals surface area contributed by atoms with E-state index in [9.17, 15) is 9.18 Å². The first kappa shape index (κ1) is 19.4. The number of hydrogen-bond donors (Lipinski definition) is 0. The number of carbonyl (C=O) groups excluding carboxylic acids is 1. The van der Waals surface area contributed by atoms with Crippen LogP contribution in [0.2, 0.25) is 0 Å². The summed E-state index contributed by atoms with van der Waals surface area (Å²) in [6, 6.07) is 25.9. The van der Waals surface area contributed by atoms with Crippen LogP contribution in [0.1, 0.15) is 46.8 Å². The van der Waals surface area contributed by atoms with Crippen LogP contribution in [0.3, 0.4) is 0 Å². The smallest absolute Gasteiger partial charge is 0.267 e. The molecule has 1 saturated carbocycles. The molecule has 5 rings (SSSR count). The first-order valence-electron chi connectivity index (χ1n) is 10.7. The molecule has 0 aromatic heterocycles. The zero-order valence-corrected chi connectivity index (χ0v) is 17.1. The van der Waals surface area contributed by atoms with Crippen LogP contribution in [0, 0.1) is 11.7 Å². The Balaban J connectivity index is 1.57. The fraction of sp³-hybridized carbons (Fsp3) is 0.185. The Morgan fingerprint density at radius 1 is 0.935 bits per heavy atom. The van der Waals surface area contributed by atoms with Crippen LogP contribution in [-0.2, 0) is 0 Å². The van der Waals surface area contributed by atoms with Crippen molar-refractivity contribution in [1.82, 2.24) is 5.01 Å². The number of allylic oxidation sites excluding steroid dienone is 1. The quantitative estimate of drug-likeness (QED) is 0.501. The molecule has 0 spiro atoms. The van der Waals surface area contributed by atoms with E-state index in [1.165, 1.54) is 29.8 Å². The van der Waals surface area contributed by atoms with Crippen molar-refractivity contribution in [3.8, 4) is 0 Å². The van der Waals surface area contributed by atoms with E-state index in [1.807, 2.05) is 36.4 Å². The van der Waals surface area contributed by atoms with Gasteiger partial charge in [0.15, 0.2) is 0 Å². The summed E-state index contributed by atoms with van der Waals surface area (Å²) in [5, 5.41) is 6.50. The zero-order chi connectivity index (χ0) is 21.2. The van der Waals surface area contributed by atoms with E-state index in [2.05, 4.69) is 30.3 Å². The Hall–Kier alpha value is -3.53. The zero-order valence-electron chi connectivity index (χ0n) is 17.1. The number of benzene rings is 3. The molecule has 2 atom stereocenters. The van der Waals surface area contributed by atoms with Crippen molar-refractivity contribution in [2.24, 2.45) is 11.0 Å². The summed E-state index contributed by atoms with van der Waals surface area (Å²) in [4.78, 5) is 13.4. The maximum absolute atomic E-state index is 13.4. The molecule has 0 radical (unpaired) electrons. The molecular formula is C27H23FN2O. The van der Waals surface area contributed by atoms with Crippen LogP contribution in [0.25, 0.3) is 6.08 Å². The van der Waals surface area contributed by atoms with Gasteiger partial charge < -0.3 is 0 Å². The molecule has 3 aromatic rings. The summed E-state index contributed by atoms with van der Waals surface area (Å²) in [6.45, 7) is 0. The molecule has 3 aromatic carbocycles. The lowest BCUT2D eigenvalue weighted by molar-refractivity contribution is 0.0681. The number of nitrogens with zero attached hydrogens (tertiary/aromatic N) is 2. The van der Waals surface area contributed by atoms with Crippen LogP contribution in [-0.4, -0.2) is 16.6 Å². The van der Waals surface area contributed by atoms with Crippen LogP contribution in [0.5, 0.6) is 0 Å². The molecule has 2 aliphatic rings. The van der Waals surface area contributed by atoms with Gasteiger partial charge in [0.05, 0.1) is 11.8 Å². The summed E-state index contributed by atoms with van der Waals surface area (Å²) >= 11 is 0. The molecule has 3 nitrogen and oxygen atoms in total. The molecule has 1 fully saturated rings. The van der Waals surface area contributed by atoms with Gasteiger partial charge in [-0.3, -0.25) is 4.79 Å². The Morgan fingerprint density at radius 3 is 2.32 bits per heavy atom. The van der Waals surface area contributed by atoms with Crippen molar-refractivity contribution in [1.29, 1.82) is 0 Å². The molecule has 0 saturated heterocycles. The second-order valence-electron chi connectivity index (χ2n) is 8.08. The minimum absolute atomic E-state index is 0.149. The van der Waals surface area contributed by atoms with Gasteiger partial charge in [0.1, 0.15) is 5.82 Å². The third-order valence-corrected chi connectivity index (χ3v) is 6.08. The minimum Gasteiger partial charge on any atom is -0.267 e. The van der Waals surface area contributed by atoms with Crippen molar-refractivity contribution >= 4 is 17.7 Å². The molecule has 1 aliphatic heterocycles. The SMILES string of the molecule is O=C(c1ccc(F)cc1)N1N=C2/C(=C\c3ccccc3)CCC[C@H]2[C@@H]1c1ccccc1. The normalized spacial score (nSPS) is 21.6. The van der Waals surface area contributed by atoms with Gasteiger partial charge in [0.25, 0.3) is 5.91 Å². The standard InChI is InChI=1S/C27H23FN2O/c28-23-16-14-21(15-17-23)27(31)30-26(20-10-5-2-6-11-20)24-13-7-12-22(25(24)29-30)18-19-8-3-1-4-9-19/h1-6,8-11,14-18,24,26H,7,12-13H2/b22-18-/t24-,26+/m1/s1. The number of fused-ring (bicyclic) bond motifs is 1. The molecule has 0 N–H and O–H groups in total. The van der Waals surface area contributed by atoms with E-state index in [0.29, 0.717) is 5.56 Å². The van der Waals surface area contributed by atoms with E-state index in [0.717, 1.165) is 36.1 Å². The largest absolute Gasteiger partial charge is 0.274 e. The third kappa shape index (κ3) is 3.81. The molecule has 1 heterocycles. The summed E-state index contributed by atoms with van der Waals surface area (Å²) in [5.74, 6) is -0.407. The van der Waals surface area contributed by atoms with Crippen LogP contribution >= 0.6 is 0 Å². The number of rotatable bonds is 3. The van der Waals surface area contributed by atoms with Gasteiger partial charge in [-0.1, -0.05) is 60.7 Å². The predicted molar refractivity (Wildman–Crippen MR) is 121 cm³/mol. The molecule has 0 unspecified atom stereocenters. The third-order valence-electron chi connectivity index (χ3n) is 6.08. The lowest BCUT2D eigenvalue weighted by Crippen LogP contribution is -2.31. The number of amides is 1. The van der Waals surface area contributed by atoms with Gasteiger partial charge in [0, 0.05) is 11.5 Å². The van der Waals surface area contributed by atoms with Crippen molar-refractivity contribution in [3.05, 3.63) is 113 Å². The highest BCUT2D eigenvalue weighted by Gasteiger charge is 2.43. The fourth-order valence-electron chi connectivity index (χ4n) is 4.63. The van der Waals surface area contributed by atoms with Gasteiger partial charge >= 0.3 is 0 Å². The van der Waals surface area contributed by atoms with E-state index in [4.69, 9.17) is 5.10 Å². The lowest BCUT2D eigenvalue weighted by Gasteiger charge is -2.29. The van der Waals surface area contributed by atoms with Gasteiger partial charge in [-0.25, -0.2) is 9.40 Å². The second-order valence-corrected chi connectivity index (χ2v) is 8.08. The predicted octanol–water partition coefficient (Wildman–Crippen LogP) is 6.26. The summed E-state index contributed by atoms with van der Waals surface area (Å²) in [7, 11) is 0. The van der Waals surface area contributed by atoms with Crippen molar-refractivity contribution in [3.63, 3.8) is 0 Å². The molecule has 4 heteroatoms. The number of carbonyl (C=O) groups is 1. The number of hydrogen-bond acceptors (Lipinski definition) is 2. The van der Waals surface area contributed by atoms with Crippen LogP contribution in [0.15, 0.2) is 95.6 Å². The van der Waals surface area contributed by atoms with Crippen molar-refractivity contribution in [2.45, 2.75) is 25.3 Å². The first-order chi connectivity index (χ1) is 15.2. The van der Waals surface area contributed by atoms with Crippen LogP contribution < -0.4 is 0 Å². The van der Waals surface area contributed by atoms with E-state index in [-0.39, 0.29) is 23.7 Å². The molecule has 1 amide bonds. The molecular weight excluding hydrogens is 387 g/mol. The average molecular weight is 410 g/mol. The lowest BCUT2D eigenvalue weighted by atomic mass is 9.77. The number of hydrazone groups is 1. The number of halogens is 1. The molecule has 1 aliphatic carbocycles. The van der Waals surface area contributed by atoms with Gasteiger partial charge in [-0.15, -0.1) is 0 Å². The molecule has 154 valence electrons. The van der Waals surface area contributed by atoms with E-state index >= 15 is 0 Å². The van der Waals surface area contributed by atoms with Gasteiger partial charge in [0.2, 0.25) is 0 Å². The summed E-state index contributed by atoms with van der Waals surface area (Å²) < 4.78 is 13.4. The average Bonchev–Trinajstić information content (AvgIpc) is 3.21. The highest BCUT2D eigenvalue weighted by atomic mass is 19.1. The Bertz CT molecular complexity index is 1140. The molecule has 31 heavy (non-hydrogen) atoms. The Kier molecular flexibility index (Phi) is 5.21. The maximum atomic E-state index is 13.4. The van der Waals surface area contributed by atoms with E-state index in [1.54, 1.807) is 5.01 Å². The topological polar surface area (TPSA) is 32.7 Å². The molecule has 0 bridgehead atoms. The van der Waals surface area contributed by atoms with Gasteiger partial charge in [-0.05, 0) is 66.3 Å². The van der Waals surface area contributed by atoms with Crippen LogP contribution in [0.4, 0.5) is 4.39 Å². The summed E-state index contributed by atoms with van der Waals surface area (Å²) in [5.41, 5.74) is 4.85. The monoisotopic (exact) mass is 410 g/mol. The van der Waals surface area contributed by atoms with Gasteiger partial charge in [-0.2, -0.15) is 5.10 Å². The maximum Gasteiger partial charge on any atom is 0.274 e. The summed E-state index contributed by atoms with van der Waals surface area (Å²) in [6.07, 6.45) is 5.19. The fourth-order valence-corrected chi connectivity index (χ4v) is 4.63. The Morgan fingerprint density at radius 2 is 1.61 bits per heavy atom. The Labute approximate surface area is 181 Å².